The minimum absolute atomic E-state index is 0.0640. The molecule has 172 valence electrons. The van der Waals surface area contributed by atoms with E-state index in [9.17, 15) is 9.59 Å². The predicted octanol–water partition coefficient (Wildman–Crippen LogP) is 4.47. The van der Waals surface area contributed by atoms with Crippen LogP contribution in [0.2, 0.25) is 0 Å². The number of amides is 3. The molecule has 0 bridgehead atoms. The van der Waals surface area contributed by atoms with E-state index in [-0.39, 0.29) is 12.0 Å². The number of imide groups is 1. The van der Waals surface area contributed by atoms with Crippen molar-refractivity contribution in [3.8, 4) is 17.6 Å². The van der Waals surface area contributed by atoms with Crippen LogP contribution in [0.15, 0.2) is 60.9 Å². The zero-order valence-corrected chi connectivity index (χ0v) is 18.8. The predicted molar refractivity (Wildman–Crippen MR) is 122 cm³/mol. The molecule has 3 amide bonds. The normalized spacial score (nSPS) is 17.9. The van der Waals surface area contributed by atoms with E-state index >= 15 is 8.78 Å². The van der Waals surface area contributed by atoms with Gasteiger partial charge in [-0.3, -0.25) is 9.78 Å². The molecule has 0 radical (unpaired) electrons. The molecule has 1 aliphatic rings. The van der Waals surface area contributed by atoms with Crippen molar-refractivity contribution in [2.45, 2.75) is 18.9 Å². The molecule has 8 heteroatoms. The van der Waals surface area contributed by atoms with Gasteiger partial charge in [0.2, 0.25) is 5.91 Å². The van der Waals surface area contributed by atoms with Crippen LogP contribution in [0.5, 0.6) is 5.75 Å². The molecule has 0 saturated carbocycles. The first-order valence-electron chi connectivity index (χ1n) is 10.4. The molecule has 0 unspecified atom stereocenters. The lowest BCUT2D eigenvalue weighted by Gasteiger charge is -2.45. The molecule has 1 aromatic heterocycles. The summed E-state index contributed by atoms with van der Waals surface area (Å²) < 4.78 is 35.3. The van der Waals surface area contributed by atoms with Gasteiger partial charge in [0.1, 0.15) is 11.4 Å². The fraction of sp³-hybridized carbons (Fsp3) is 0.192. The summed E-state index contributed by atoms with van der Waals surface area (Å²) >= 11 is 0. The molecule has 0 N–H and O–H groups in total. The van der Waals surface area contributed by atoms with Crippen LogP contribution in [-0.2, 0) is 10.3 Å². The van der Waals surface area contributed by atoms with Crippen LogP contribution in [0.25, 0.3) is 0 Å². The Bertz CT molecular complexity index is 1310. The van der Waals surface area contributed by atoms with Gasteiger partial charge in [-0.1, -0.05) is 24.0 Å². The van der Waals surface area contributed by atoms with Crippen LogP contribution < -0.4 is 9.64 Å². The maximum atomic E-state index is 15.0. The molecule has 1 saturated heterocycles. The van der Waals surface area contributed by atoms with Crippen LogP contribution in [0.1, 0.15) is 30.0 Å². The Morgan fingerprint density at radius 1 is 1.03 bits per heavy atom. The number of carbonyl (C=O) groups excluding carboxylic acids is 2. The van der Waals surface area contributed by atoms with Gasteiger partial charge in [-0.2, -0.15) is 0 Å². The number of hydrogen-bond donors (Lipinski definition) is 0. The number of carbonyl (C=O) groups is 2. The maximum absolute atomic E-state index is 15.0. The summed E-state index contributed by atoms with van der Waals surface area (Å²) in [6.07, 6.45) is 2.93. The van der Waals surface area contributed by atoms with Crippen LogP contribution in [0, 0.1) is 23.5 Å². The lowest BCUT2D eigenvalue weighted by atomic mass is 9.84. The number of urea groups is 1. The van der Waals surface area contributed by atoms with Crippen molar-refractivity contribution in [1.29, 1.82) is 0 Å². The van der Waals surface area contributed by atoms with E-state index in [4.69, 9.17) is 4.74 Å². The SMILES string of the molecule is COc1cccc([C@]2(C)CC(=O)N(c3c(F)cc(C#Cc4cccnc4)cc3F)C(=O)N2C)c1. The Kier molecular flexibility index (Phi) is 6.03. The first kappa shape index (κ1) is 22.9. The number of aromatic nitrogens is 1. The fourth-order valence-electron chi connectivity index (χ4n) is 3.87. The van der Waals surface area contributed by atoms with Crippen molar-refractivity contribution in [2.75, 3.05) is 19.1 Å². The van der Waals surface area contributed by atoms with E-state index in [1.54, 1.807) is 49.5 Å². The van der Waals surface area contributed by atoms with Crippen LogP contribution in [-0.4, -0.2) is 36.0 Å². The summed E-state index contributed by atoms with van der Waals surface area (Å²) in [5.74, 6) is 3.16. The quantitative estimate of drug-likeness (QED) is 0.540. The van der Waals surface area contributed by atoms with Crippen molar-refractivity contribution in [3.63, 3.8) is 0 Å². The first-order chi connectivity index (χ1) is 16.2. The van der Waals surface area contributed by atoms with Gasteiger partial charge in [-0.05, 0) is 48.9 Å². The highest BCUT2D eigenvalue weighted by Gasteiger charge is 2.47. The zero-order chi connectivity index (χ0) is 24.5. The van der Waals surface area contributed by atoms with Crippen molar-refractivity contribution in [2.24, 2.45) is 0 Å². The number of benzene rings is 2. The molecule has 1 aliphatic heterocycles. The van der Waals surface area contributed by atoms with Gasteiger partial charge in [0.05, 0.1) is 19.1 Å². The molecule has 2 heterocycles. The number of halogens is 2. The lowest BCUT2D eigenvalue weighted by molar-refractivity contribution is -0.122. The third-order valence-electron chi connectivity index (χ3n) is 5.91. The molecular weight excluding hydrogens is 440 g/mol. The maximum Gasteiger partial charge on any atom is 0.332 e. The van der Waals surface area contributed by atoms with E-state index in [2.05, 4.69) is 16.8 Å². The second kappa shape index (κ2) is 8.94. The Morgan fingerprint density at radius 2 is 1.74 bits per heavy atom. The highest BCUT2D eigenvalue weighted by molar-refractivity contribution is 6.16. The third kappa shape index (κ3) is 4.08. The molecule has 1 fully saturated rings. The Morgan fingerprint density at radius 3 is 2.38 bits per heavy atom. The number of hydrogen-bond acceptors (Lipinski definition) is 4. The Balaban J connectivity index is 1.67. The summed E-state index contributed by atoms with van der Waals surface area (Å²) in [6.45, 7) is 1.72. The van der Waals surface area contributed by atoms with Crippen molar-refractivity contribution in [1.82, 2.24) is 9.88 Å². The molecule has 0 aliphatic carbocycles. The zero-order valence-electron chi connectivity index (χ0n) is 18.8. The summed E-state index contributed by atoms with van der Waals surface area (Å²) in [5, 5.41) is 0. The molecule has 6 nitrogen and oxygen atoms in total. The van der Waals surface area contributed by atoms with Crippen LogP contribution in [0.4, 0.5) is 19.3 Å². The fourth-order valence-corrected chi connectivity index (χ4v) is 3.87. The van der Waals surface area contributed by atoms with Gasteiger partial charge in [0.15, 0.2) is 11.6 Å². The molecule has 34 heavy (non-hydrogen) atoms. The molecule has 4 rings (SSSR count). The summed E-state index contributed by atoms with van der Waals surface area (Å²) in [6, 6.07) is 11.5. The van der Waals surface area contributed by atoms with Crippen LogP contribution >= 0.6 is 0 Å². The smallest absolute Gasteiger partial charge is 0.332 e. The standard InChI is InChI=1S/C26H21F2N3O3/c1-26(19-7-4-8-20(14-19)34-3)15-23(32)31(25(33)30(26)2)24-21(27)12-18(13-22(24)28)10-9-17-6-5-11-29-16-17/h4-8,11-14,16H,15H2,1-3H3/t26-/m0/s1. The first-order valence-corrected chi connectivity index (χ1v) is 10.4. The molecule has 2 aromatic carbocycles. The van der Waals surface area contributed by atoms with Gasteiger partial charge in [0, 0.05) is 30.6 Å². The Hall–Kier alpha value is -4.25. The second-order valence-corrected chi connectivity index (χ2v) is 8.03. The molecule has 3 aromatic rings. The van der Waals surface area contributed by atoms with E-state index in [1.807, 2.05) is 0 Å². The van der Waals surface area contributed by atoms with Crippen molar-refractivity contribution >= 4 is 17.6 Å². The lowest BCUT2D eigenvalue weighted by Crippen LogP contribution is -2.60. The summed E-state index contributed by atoms with van der Waals surface area (Å²) in [4.78, 5) is 32.1. The minimum Gasteiger partial charge on any atom is -0.497 e. The number of rotatable bonds is 3. The largest absolute Gasteiger partial charge is 0.497 e. The van der Waals surface area contributed by atoms with E-state index in [1.165, 1.54) is 25.3 Å². The van der Waals surface area contributed by atoms with Gasteiger partial charge in [-0.15, -0.1) is 0 Å². The highest BCUT2D eigenvalue weighted by atomic mass is 19.1. The van der Waals surface area contributed by atoms with Gasteiger partial charge >= 0.3 is 6.03 Å². The third-order valence-corrected chi connectivity index (χ3v) is 5.91. The number of ether oxygens (including phenoxy) is 1. The molecule has 1 atom stereocenters. The monoisotopic (exact) mass is 461 g/mol. The average Bonchev–Trinajstić information content (AvgIpc) is 2.83. The molecular formula is C26H21F2N3O3. The number of pyridine rings is 1. The topological polar surface area (TPSA) is 62.7 Å². The summed E-state index contributed by atoms with van der Waals surface area (Å²) in [5.41, 5.74) is -0.443. The van der Waals surface area contributed by atoms with E-state index < -0.39 is 34.8 Å². The second-order valence-electron chi connectivity index (χ2n) is 8.03. The molecule has 0 spiro atoms. The van der Waals surface area contributed by atoms with Gasteiger partial charge < -0.3 is 9.64 Å². The average molecular weight is 461 g/mol. The van der Waals surface area contributed by atoms with Crippen molar-refractivity contribution < 1.29 is 23.1 Å². The summed E-state index contributed by atoms with van der Waals surface area (Å²) in [7, 11) is 3.01. The Labute approximate surface area is 195 Å². The number of anilines is 1. The minimum atomic E-state index is -1.06. The highest BCUT2D eigenvalue weighted by Crippen LogP contribution is 2.39. The number of nitrogens with zero attached hydrogens (tertiary/aromatic N) is 3. The van der Waals surface area contributed by atoms with Gasteiger partial charge in [0.25, 0.3) is 0 Å². The van der Waals surface area contributed by atoms with E-state index in [0.717, 1.165) is 12.1 Å². The van der Waals surface area contributed by atoms with Crippen LogP contribution in [0.3, 0.4) is 0 Å². The number of methoxy groups -OCH3 is 1. The van der Waals surface area contributed by atoms with E-state index in [0.29, 0.717) is 21.8 Å². The van der Waals surface area contributed by atoms with Gasteiger partial charge in [-0.25, -0.2) is 18.5 Å². The van der Waals surface area contributed by atoms with Crippen molar-refractivity contribution in [3.05, 3.63) is 89.2 Å².